The van der Waals surface area contributed by atoms with Crippen molar-refractivity contribution in [1.29, 1.82) is 0 Å². The third kappa shape index (κ3) is 5.30. The third-order valence-corrected chi connectivity index (χ3v) is 14.4. The Morgan fingerprint density at radius 3 is 1.45 bits per heavy atom. The lowest BCUT2D eigenvalue weighted by Gasteiger charge is -2.30. The molecule has 14 rings (SSSR count). The second-order valence-electron chi connectivity index (χ2n) is 17.8. The van der Waals surface area contributed by atoms with E-state index in [0.717, 1.165) is 22.2 Å². The Hall–Kier alpha value is -8.39. The zero-order valence-corrected chi connectivity index (χ0v) is 35.5. The number of aromatic nitrogens is 1. The van der Waals surface area contributed by atoms with E-state index in [2.05, 4.69) is 237 Å². The van der Waals surface area contributed by atoms with Crippen LogP contribution in [0, 0.1) is 0 Å². The predicted octanol–water partition coefficient (Wildman–Crippen LogP) is 16.7. The second-order valence-corrected chi connectivity index (χ2v) is 17.8. The summed E-state index contributed by atoms with van der Waals surface area (Å²) in [6.07, 6.45) is 0. The summed E-state index contributed by atoms with van der Waals surface area (Å²) >= 11 is 0. The number of nitrogens with zero attached hydrogens (tertiary/aromatic N) is 1. The summed E-state index contributed by atoms with van der Waals surface area (Å²) in [6, 6.07) is 87.7. The van der Waals surface area contributed by atoms with E-state index in [1.807, 2.05) is 0 Å². The Labute approximate surface area is 377 Å². The number of rotatable bonds is 4. The quantitative estimate of drug-likeness (QED) is 0.161. The Morgan fingerprint density at radius 2 is 0.738 bits per heavy atom. The Kier molecular flexibility index (Phi) is 7.67. The molecule has 1 heterocycles. The van der Waals surface area contributed by atoms with E-state index < -0.39 is 0 Å². The SMILES string of the molecule is c1ccc(-c2cc(-c3ccc4c(ccc5ccccc54)c3)nc3ccc(-c4ccc5cc(-c6ccc7c(c6)C6(c8ccccc8-c8ccccc86)c6ccccc6-7)ccc5c4)cc23)cc1. The van der Waals surface area contributed by atoms with Crippen LogP contribution in [0.2, 0.25) is 0 Å². The highest BCUT2D eigenvalue weighted by Gasteiger charge is 2.51. The molecule has 0 unspecified atom stereocenters. The van der Waals surface area contributed by atoms with E-state index in [1.165, 1.54) is 110 Å². The van der Waals surface area contributed by atoms with Gasteiger partial charge in [0, 0.05) is 10.9 Å². The van der Waals surface area contributed by atoms with Gasteiger partial charge >= 0.3 is 0 Å². The van der Waals surface area contributed by atoms with Crippen LogP contribution in [0.25, 0.3) is 110 Å². The van der Waals surface area contributed by atoms with E-state index in [-0.39, 0.29) is 5.41 Å². The molecule has 12 aromatic rings. The highest BCUT2D eigenvalue weighted by Crippen LogP contribution is 2.63. The zero-order valence-electron chi connectivity index (χ0n) is 35.5. The molecule has 0 saturated heterocycles. The maximum atomic E-state index is 5.30. The monoisotopic (exact) mass is 821 g/mol. The maximum absolute atomic E-state index is 5.30. The van der Waals surface area contributed by atoms with Crippen LogP contribution < -0.4 is 0 Å². The molecule has 1 nitrogen and oxygen atoms in total. The van der Waals surface area contributed by atoms with Gasteiger partial charge in [-0.1, -0.05) is 194 Å². The topological polar surface area (TPSA) is 12.9 Å². The molecule has 2 aliphatic carbocycles. The Balaban J connectivity index is 0.849. The van der Waals surface area contributed by atoms with Crippen molar-refractivity contribution >= 4 is 43.2 Å². The minimum absolute atomic E-state index is 0.357. The van der Waals surface area contributed by atoms with Crippen LogP contribution in [-0.4, -0.2) is 4.98 Å². The molecule has 0 radical (unpaired) electrons. The van der Waals surface area contributed by atoms with Crippen molar-refractivity contribution in [2.24, 2.45) is 0 Å². The zero-order chi connectivity index (χ0) is 42.6. The number of hydrogen-bond acceptors (Lipinski definition) is 1. The van der Waals surface area contributed by atoms with Gasteiger partial charge in [0.2, 0.25) is 0 Å². The van der Waals surface area contributed by atoms with E-state index >= 15 is 0 Å². The van der Waals surface area contributed by atoms with Crippen LogP contribution >= 0.6 is 0 Å². The molecule has 0 atom stereocenters. The van der Waals surface area contributed by atoms with Crippen molar-refractivity contribution in [3.63, 3.8) is 0 Å². The number of fused-ring (bicyclic) bond motifs is 15. The highest BCUT2D eigenvalue weighted by molar-refractivity contribution is 6.09. The lowest BCUT2D eigenvalue weighted by molar-refractivity contribution is 0.794. The smallest absolute Gasteiger partial charge is 0.0725 e. The molecule has 0 N–H and O–H groups in total. The van der Waals surface area contributed by atoms with Crippen molar-refractivity contribution in [2.75, 3.05) is 0 Å². The van der Waals surface area contributed by atoms with Crippen LogP contribution in [0.3, 0.4) is 0 Å². The van der Waals surface area contributed by atoms with Crippen LogP contribution in [0.5, 0.6) is 0 Å². The Bertz CT molecular complexity index is 3890. The minimum Gasteiger partial charge on any atom is -0.248 e. The summed E-state index contributed by atoms with van der Waals surface area (Å²) in [5.41, 5.74) is 20.7. The average Bonchev–Trinajstić information content (AvgIpc) is 3.85. The molecular formula is C64H39N. The second kappa shape index (κ2) is 13.8. The van der Waals surface area contributed by atoms with Gasteiger partial charge in [-0.2, -0.15) is 0 Å². The van der Waals surface area contributed by atoms with Crippen molar-refractivity contribution in [2.45, 2.75) is 5.41 Å². The summed E-state index contributed by atoms with van der Waals surface area (Å²) in [5.74, 6) is 0. The number of benzene rings is 11. The first kappa shape index (κ1) is 36.1. The summed E-state index contributed by atoms with van der Waals surface area (Å²) < 4.78 is 0. The summed E-state index contributed by atoms with van der Waals surface area (Å²) in [4.78, 5) is 5.30. The molecule has 65 heavy (non-hydrogen) atoms. The van der Waals surface area contributed by atoms with Gasteiger partial charge < -0.3 is 0 Å². The molecule has 11 aromatic carbocycles. The van der Waals surface area contributed by atoms with Crippen molar-refractivity contribution in [3.05, 3.63) is 259 Å². The molecule has 2 aliphatic rings. The first-order valence-electron chi connectivity index (χ1n) is 22.6. The third-order valence-electron chi connectivity index (χ3n) is 14.4. The van der Waals surface area contributed by atoms with Crippen molar-refractivity contribution < 1.29 is 0 Å². The van der Waals surface area contributed by atoms with Gasteiger partial charge in [-0.05, 0) is 153 Å². The van der Waals surface area contributed by atoms with E-state index in [9.17, 15) is 0 Å². The molecular weight excluding hydrogens is 783 g/mol. The van der Waals surface area contributed by atoms with Crippen LogP contribution in [0.1, 0.15) is 22.3 Å². The summed E-state index contributed by atoms with van der Waals surface area (Å²) in [7, 11) is 0. The summed E-state index contributed by atoms with van der Waals surface area (Å²) in [5, 5.41) is 8.60. The average molecular weight is 822 g/mol. The molecule has 0 aliphatic heterocycles. The van der Waals surface area contributed by atoms with Gasteiger partial charge in [-0.3, -0.25) is 0 Å². The van der Waals surface area contributed by atoms with Crippen molar-refractivity contribution in [3.8, 4) is 66.9 Å². The lowest BCUT2D eigenvalue weighted by Crippen LogP contribution is -2.25. The standard InChI is InChI=1S/C64H39N/c1-2-12-40(13-3-1)56-39-63(49-29-31-51-48(36-49)27-22-41-14-4-5-15-50(41)51)65-62-33-30-46(37-57(56)62)44-25-23-43-35-45(26-24-42(43)34-44)47-28-32-55-54-18-8-11-21-60(54)64(61(55)38-47)58-19-9-6-16-52(58)53-17-7-10-20-59(53)64/h1-39H. The first-order chi connectivity index (χ1) is 32.2. The Morgan fingerprint density at radius 1 is 0.246 bits per heavy atom. The van der Waals surface area contributed by atoms with E-state index in [0.29, 0.717) is 0 Å². The first-order valence-corrected chi connectivity index (χ1v) is 22.6. The fraction of sp³-hybridized carbons (Fsp3) is 0.0156. The fourth-order valence-electron chi connectivity index (χ4n) is 11.5. The molecule has 0 saturated carbocycles. The maximum Gasteiger partial charge on any atom is 0.0725 e. The minimum atomic E-state index is -0.357. The molecule has 1 heteroatoms. The van der Waals surface area contributed by atoms with Crippen LogP contribution in [0.15, 0.2) is 237 Å². The van der Waals surface area contributed by atoms with E-state index in [1.54, 1.807) is 0 Å². The van der Waals surface area contributed by atoms with Crippen molar-refractivity contribution in [1.82, 2.24) is 4.98 Å². The lowest BCUT2D eigenvalue weighted by atomic mass is 9.70. The molecule has 300 valence electrons. The van der Waals surface area contributed by atoms with Crippen LogP contribution in [0.4, 0.5) is 0 Å². The summed E-state index contributed by atoms with van der Waals surface area (Å²) in [6.45, 7) is 0. The highest BCUT2D eigenvalue weighted by atomic mass is 14.7. The normalized spacial score (nSPS) is 13.0. The van der Waals surface area contributed by atoms with Gasteiger partial charge in [-0.25, -0.2) is 4.98 Å². The molecule has 0 amide bonds. The molecule has 1 spiro atoms. The molecule has 1 aromatic heterocycles. The number of hydrogen-bond donors (Lipinski definition) is 0. The van der Waals surface area contributed by atoms with Gasteiger partial charge in [0.15, 0.2) is 0 Å². The predicted molar refractivity (Wildman–Crippen MR) is 272 cm³/mol. The van der Waals surface area contributed by atoms with Gasteiger partial charge in [-0.15, -0.1) is 0 Å². The van der Waals surface area contributed by atoms with Gasteiger partial charge in [0.05, 0.1) is 16.6 Å². The van der Waals surface area contributed by atoms with Crippen LogP contribution in [-0.2, 0) is 5.41 Å². The number of pyridine rings is 1. The molecule has 0 bridgehead atoms. The largest absolute Gasteiger partial charge is 0.248 e. The molecule has 0 fully saturated rings. The van der Waals surface area contributed by atoms with Gasteiger partial charge in [0.1, 0.15) is 0 Å². The van der Waals surface area contributed by atoms with Gasteiger partial charge in [0.25, 0.3) is 0 Å². The fourth-order valence-corrected chi connectivity index (χ4v) is 11.5. The van der Waals surface area contributed by atoms with E-state index in [4.69, 9.17) is 4.98 Å².